The Labute approximate surface area is 129 Å². The van der Waals surface area contributed by atoms with Gasteiger partial charge in [0, 0.05) is 0 Å². The van der Waals surface area contributed by atoms with Gasteiger partial charge in [-0.2, -0.15) is 0 Å². The first-order valence-electron chi connectivity index (χ1n) is 6.22. The smallest absolute Gasteiger partial charge is 0.199 e. The maximum absolute atomic E-state index is 12.0. The third-order valence-corrected chi connectivity index (χ3v) is 4.89. The zero-order chi connectivity index (χ0) is 15.0. The van der Waals surface area contributed by atoms with Crippen molar-refractivity contribution < 1.29 is 9.90 Å². The standard InChI is InChI=1S/C15H12N2O2S2/c1-8(18)11-12(13(16)9-4-2-6-20-9)15(19)17-14(11)10-5-3-7-21-10/h2-7,16-17,19H,1H3. The number of hydrogen-bond donors (Lipinski definition) is 3. The van der Waals surface area contributed by atoms with Crippen molar-refractivity contribution in [2.24, 2.45) is 0 Å². The quantitative estimate of drug-likeness (QED) is 0.500. The largest absolute Gasteiger partial charge is 0.494 e. The Bertz CT molecular complexity index is 799. The molecule has 0 spiro atoms. The van der Waals surface area contributed by atoms with Crippen LogP contribution in [0.15, 0.2) is 35.0 Å². The number of rotatable bonds is 4. The summed E-state index contributed by atoms with van der Waals surface area (Å²) in [5.41, 5.74) is 1.37. The first kappa shape index (κ1) is 13.8. The highest BCUT2D eigenvalue weighted by molar-refractivity contribution is 7.13. The van der Waals surface area contributed by atoms with E-state index in [2.05, 4.69) is 4.98 Å². The van der Waals surface area contributed by atoms with Crippen molar-refractivity contribution in [1.29, 1.82) is 5.41 Å². The van der Waals surface area contributed by atoms with Gasteiger partial charge in [0.15, 0.2) is 11.7 Å². The molecule has 3 aromatic rings. The molecule has 3 heterocycles. The predicted molar refractivity (Wildman–Crippen MR) is 86.0 cm³/mol. The van der Waals surface area contributed by atoms with Crippen molar-refractivity contribution in [1.82, 2.24) is 4.98 Å². The molecule has 0 aliphatic rings. The van der Waals surface area contributed by atoms with Crippen LogP contribution in [0.25, 0.3) is 10.6 Å². The van der Waals surface area contributed by atoms with Crippen LogP contribution in [0.5, 0.6) is 5.88 Å². The van der Waals surface area contributed by atoms with Crippen LogP contribution in [0.4, 0.5) is 0 Å². The molecule has 3 N–H and O–H groups in total. The topological polar surface area (TPSA) is 76.9 Å². The van der Waals surface area contributed by atoms with E-state index in [9.17, 15) is 9.90 Å². The number of carbonyl (C=O) groups is 1. The molecule has 0 aliphatic heterocycles. The number of aromatic amines is 1. The zero-order valence-electron chi connectivity index (χ0n) is 11.1. The van der Waals surface area contributed by atoms with Gasteiger partial charge in [-0.3, -0.25) is 10.2 Å². The molecule has 3 aromatic heterocycles. The second kappa shape index (κ2) is 5.31. The highest BCUT2D eigenvalue weighted by atomic mass is 32.1. The molecule has 0 aromatic carbocycles. The molecule has 4 nitrogen and oxygen atoms in total. The van der Waals surface area contributed by atoms with E-state index in [4.69, 9.17) is 5.41 Å². The van der Waals surface area contributed by atoms with E-state index in [1.54, 1.807) is 6.07 Å². The van der Waals surface area contributed by atoms with Crippen molar-refractivity contribution in [2.45, 2.75) is 6.92 Å². The average Bonchev–Trinajstić information content (AvgIpc) is 3.18. The monoisotopic (exact) mass is 316 g/mol. The summed E-state index contributed by atoms with van der Waals surface area (Å²) in [5.74, 6) is -0.312. The van der Waals surface area contributed by atoms with Gasteiger partial charge >= 0.3 is 0 Å². The van der Waals surface area contributed by atoms with E-state index in [1.807, 2.05) is 29.0 Å². The van der Waals surface area contributed by atoms with Gasteiger partial charge in [0.2, 0.25) is 0 Å². The number of aromatic hydroxyl groups is 1. The van der Waals surface area contributed by atoms with Crippen LogP contribution in [-0.4, -0.2) is 21.6 Å². The van der Waals surface area contributed by atoms with Crippen LogP contribution in [0.3, 0.4) is 0 Å². The minimum atomic E-state index is -0.175. The third-order valence-electron chi connectivity index (χ3n) is 3.12. The molecule has 0 radical (unpaired) electrons. The molecule has 6 heteroatoms. The van der Waals surface area contributed by atoms with E-state index in [0.29, 0.717) is 16.1 Å². The molecule has 106 valence electrons. The van der Waals surface area contributed by atoms with E-state index < -0.39 is 0 Å². The normalized spacial score (nSPS) is 10.7. The van der Waals surface area contributed by atoms with Crippen LogP contribution < -0.4 is 0 Å². The van der Waals surface area contributed by atoms with Crippen molar-refractivity contribution in [2.75, 3.05) is 0 Å². The molecule has 0 saturated carbocycles. The number of ketones is 1. The molecular formula is C15H12N2O2S2. The van der Waals surface area contributed by atoms with Crippen molar-refractivity contribution in [3.63, 3.8) is 0 Å². The van der Waals surface area contributed by atoms with E-state index in [1.165, 1.54) is 29.6 Å². The number of carbonyl (C=O) groups excluding carboxylic acids is 1. The number of aromatic nitrogens is 1. The third kappa shape index (κ3) is 2.32. The molecule has 0 amide bonds. The SMILES string of the molecule is CC(=O)c1c(-c2cccs2)[nH]c(O)c1C(=N)c1cccs1. The average molecular weight is 316 g/mol. The van der Waals surface area contributed by atoms with Crippen molar-refractivity contribution in [3.05, 3.63) is 51.0 Å². The molecule has 3 rings (SSSR count). The first-order valence-corrected chi connectivity index (χ1v) is 7.98. The second-order valence-corrected chi connectivity index (χ2v) is 6.38. The lowest BCUT2D eigenvalue weighted by molar-refractivity contribution is 0.101. The van der Waals surface area contributed by atoms with Crippen LogP contribution in [0.2, 0.25) is 0 Å². The fourth-order valence-electron chi connectivity index (χ4n) is 2.23. The van der Waals surface area contributed by atoms with Crippen LogP contribution in [0.1, 0.15) is 27.7 Å². The first-order chi connectivity index (χ1) is 10.1. The van der Waals surface area contributed by atoms with Gasteiger partial charge in [-0.15, -0.1) is 22.7 Å². The second-order valence-electron chi connectivity index (χ2n) is 4.48. The Balaban J connectivity index is 2.21. The summed E-state index contributed by atoms with van der Waals surface area (Å²) in [6, 6.07) is 7.40. The minimum absolute atomic E-state index is 0.137. The molecule has 0 unspecified atom stereocenters. The Kier molecular flexibility index (Phi) is 3.48. The van der Waals surface area contributed by atoms with Gasteiger partial charge in [0.1, 0.15) is 0 Å². The summed E-state index contributed by atoms with van der Waals surface area (Å²) in [4.78, 5) is 16.5. The zero-order valence-corrected chi connectivity index (χ0v) is 12.8. The number of nitrogens with one attached hydrogen (secondary N) is 2. The lowest BCUT2D eigenvalue weighted by Crippen LogP contribution is -2.05. The van der Waals surface area contributed by atoms with Crippen LogP contribution in [-0.2, 0) is 0 Å². The lowest BCUT2D eigenvalue weighted by atomic mass is 10.0. The Morgan fingerprint density at radius 1 is 1.19 bits per heavy atom. The summed E-state index contributed by atoms with van der Waals surface area (Å²) >= 11 is 2.88. The van der Waals surface area contributed by atoms with E-state index in [0.717, 1.165) is 4.88 Å². The van der Waals surface area contributed by atoms with Crippen molar-refractivity contribution in [3.8, 4) is 16.5 Å². The molecule has 0 fully saturated rings. The highest BCUT2D eigenvalue weighted by Gasteiger charge is 2.25. The van der Waals surface area contributed by atoms with Gasteiger partial charge in [-0.25, -0.2) is 0 Å². The summed E-state index contributed by atoms with van der Waals surface area (Å²) in [7, 11) is 0. The van der Waals surface area contributed by atoms with E-state index in [-0.39, 0.29) is 22.9 Å². The molecule has 0 bridgehead atoms. The Morgan fingerprint density at radius 3 is 2.48 bits per heavy atom. The van der Waals surface area contributed by atoms with Gasteiger partial charge in [-0.1, -0.05) is 12.1 Å². The maximum atomic E-state index is 12.0. The Hall–Kier alpha value is -2.18. The van der Waals surface area contributed by atoms with Crippen molar-refractivity contribution >= 4 is 34.2 Å². The molecular weight excluding hydrogens is 304 g/mol. The summed E-state index contributed by atoms with van der Waals surface area (Å²) < 4.78 is 0. The number of thiophene rings is 2. The Morgan fingerprint density at radius 2 is 1.90 bits per heavy atom. The molecule has 0 saturated heterocycles. The molecule has 0 atom stereocenters. The minimum Gasteiger partial charge on any atom is -0.494 e. The predicted octanol–water partition coefficient (Wildman–Crippen LogP) is 4.13. The highest BCUT2D eigenvalue weighted by Crippen LogP contribution is 2.36. The van der Waals surface area contributed by atoms with Gasteiger partial charge in [0.05, 0.1) is 32.3 Å². The summed E-state index contributed by atoms with van der Waals surface area (Å²) in [5, 5.41) is 22.2. The fraction of sp³-hybridized carbons (Fsp3) is 0.0667. The number of hydrogen-bond acceptors (Lipinski definition) is 5. The van der Waals surface area contributed by atoms with E-state index >= 15 is 0 Å². The van der Waals surface area contributed by atoms with Gasteiger partial charge < -0.3 is 10.1 Å². The fourth-order valence-corrected chi connectivity index (χ4v) is 3.64. The number of H-pyrrole nitrogens is 1. The summed E-state index contributed by atoms with van der Waals surface area (Å²) in [6.45, 7) is 1.45. The lowest BCUT2D eigenvalue weighted by Gasteiger charge is -2.03. The summed E-state index contributed by atoms with van der Waals surface area (Å²) in [6.07, 6.45) is 0. The van der Waals surface area contributed by atoms with Crippen LogP contribution >= 0.6 is 22.7 Å². The molecule has 0 aliphatic carbocycles. The maximum Gasteiger partial charge on any atom is 0.199 e. The van der Waals surface area contributed by atoms with Crippen LogP contribution in [0, 0.1) is 5.41 Å². The number of Topliss-reactive ketones (excluding diaryl/α,β-unsaturated/α-hetero) is 1. The molecule has 21 heavy (non-hydrogen) atoms. The van der Waals surface area contributed by atoms with Gasteiger partial charge in [0.25, 0.3) is 0 Å². The van der Waals surface area contributed by atoms with Gasteiger partial charge in [-0.05, 0) is 29.8 Å².